The van der Waals surface area contributed by atoms with Gasteiger partial charge in [-0.15, -0.1) is 10.2 Å². The fourth-order valence-electron chi connectivity index (χ4n) is 2.23. The molecule has 0 amide bonds. The molecule has 0 aliphatic carbocycles. The molecule has 0 radical (unpaired) electrons. The number of ether oxygens (including phenoxy) is 1. The molecule has 1 aliphatic rings. The van der Waals surface area contributed by atoms with E-state index in [-0.39, 0.29) is 17.6 Å². The van der Waals surface area contributed by atoms with Gasteiger partial charge >= 0.3 is 0 Å². The molecule has 2 unspecified atom stereocenters. The molecular weight excluding hydrogens is 274 g/mol. The van der Waals surface area contributed by atoms with E-state index in [1.807, 2.05) is 4.52 Å². The zero-order valence-electron chi connectivity index (χ0n) is 12.2. The van der Waals surface area contributed by atoms with Gasteiger partial charge in [-0.05, 0) is 18.3 Å². The summed E-state index contributed by atoms with van der Waals surface area (Å²) in [6.07, 6.45) is 2.87. The van der Waals surface area contributed by atoms with Crippen LogP contribution in [0.4, 0.5) is 0 Å². The molecule has 2 aromatic rings. The molecule has 2 N–H and O–H groups in total. The minimum atomic E-state index is 0.0382. The Morgan fingerprint density at radius 1 is 1.45 bits per heavy atom. The maximum absolute atomic E-state index is 6.23. The van der Waals surface area contributed by atoms with E-state index in [4.69, 9.17) is 10.5 Å². The van der Waals surface area contributed by atoms with E-state index in [0.29, 0.717) is 0 Å². The Balaban J connectivity index is 1.84. The average Bonchev–Trinajstić information content (AvgIpc) is 3.01. The predicted octanol–water partition coefficient (Wildman–Crippen LogP) is 1.95. The van der Waals surface area contributed by atoms with E-state index < -0.39 is 0 Å². The lowest BCUT2D eigenvalue weighted by Crippen LogP contribution is -2.36. The van der Waals surface area contributed by atoms with Gasteiger partial charge in [0.15, 0.2) is 5.82 Å². The molecule has 2 aromatic heterocycles. The van der Waals surface area contributed by atoms with Gasteiger partial charge in [-0.2, -0.15) is 9.61 Å². The molecule has 1 aliphatic heterocycles. The van der Waals surface area contributed by atoms with Crippen molar-refractivity contribution in [2.75, 3.05) is 6.61 Å². The van der Waals surface area contributed by atoms with Gasteiger partial charge in [-0.25, -0.2) is 0 Å². The molecule has 1 saturated heterocycles. The third kappa shape index (κ3) is 2.57. The van der Waals surface area contributed by atoms with Crippen molar-refractivity contribution in [3.8, 4) is 0 Å². The van der Waals surface area contributed by atoms with E-state index in [2.05, 4.69) is 36.1 Å². The largest absolute Gasteiger partial charge is 0.370 e. The summed E-state index contributed by atoms with van der Waals surface area (Å²) >= 11 is 1.56. The summed E-state index contributed by atoms with van der Waals surface area (Å²) in [5.41, 5.74) is 6.30. The molecule has 3 heterocycles. The fourth-order valence-corrected chi connectivity index (χ4v) is 3.13. The molecule has 20 heavy (non-hydrogen) atoms. The second-order valence-corrected chi connectivity index (χ2v) is 7.47. The van der Waals surface area contributed by atoms with Gasteiger partial charge in [-0.1, -0.05) is 32.1 Å². The molecule has 7 heteroatoms. The zero-order valence-corrected chi connectivity index (χ0v) is 13.0. The van der Waals surface area contributed by atoms with Crippen molar-refractivity contribution in [1.29, 1.82) is 0 Å². The van der Waals surface area contributed by atoms with Crippen molar-refractivity contribution in [3.63, 3.8) is 0 Å². The molecule has 2 atom stereocenters. The zero-order chi connectivity index (χ0) is 14.3. The van der Waals surface area contributed by atoms with Gasteiger partial charge in [-0.3, -0.25) is 0 Å². The van der Waals surface area contributed by atoms with Crippen molar-refractivity contribution in [2.45, 2.75) is 52.2 Å². The number of rotatable bonds is 3. The van der Waals surface area contributed by atoms with Crippen LogP contribution in [-0.4, -0.2) is 32.5 Å². The minimum absolute atomic E-state index is 0.0382. The lowest BCUT2D eigenvalue weighted by Gasteiger charge is -2.25. The van der Waals surface area contributed by atoms with Gasteiger partial charge in [0.25, 0.3) is 0 Å². The number of aromatic nitrogens is 4. The van der Waals surface area contributed by atoms with Crippen LogP contribution in [0.15, 0.2) is 0 Å². The summed E-state index contributed by atoms with van der Waals surface area (Å²) in [6.45, 7) is 7.24. The fraction of sp³-hybridized carbons (Fsp3) is 0.769. The molecule has 110 valence electrons. The average molecular weight is 295 g/mol. The summed E-state index contributed by atoms with van der Waals surface area (Å²) in [6, 6.07) is 0.0810. The molecule has 6 nitrogen and oxygen atoms in total. The third-order valence-electron chi connectivity index (χ3n) is 3.78. The highest BCUT2D eigenvalue weighted by Crippen LogP contribution is 2.29. The molecule has 0 saturated carbocycles. The van der Waals surface area contributed by atoms with Crippen LogP contribution in [0, 0.1) is 5.41 Å². The topological polar surface area (TPSA) is 78.3 Å². The first kappa shape index (κ1) is 13.9. The van der Waals surface area contributed by atoms with Crippen molar-refractivity contribution in [1.82, 2.24) is 19.8 Å². The van der Waals surface area contributed by atoms with Crippen LogP contribution in [0.5, 0.6) is 0 Å². The van der Waals surface area contributed by atoms with Gasteiger partial charge in [0, 0.05) is 19.1 Å². The standard InChI is InChI=1S/C13H21N5OS/c1-13(2,3)9(14)7-10-17-18-11(8-5-4-6-19-8)15-16-12(18)20-10/h8-9H,4-7,14H2,1-3H3. The summed E-state index contributed by atoms with van der Waals surface area (Å²) in [5, 5.41) is 14.0. The lowest BCUT2D eigenvalue weighted by atomic mass is 9.86. The Labute approximate surface area is 122 Å². The SMILES string of the molecule is CC(C)(C)C(N)Cc1nn2c(C3CCCO3)nnc2s1. The van der Waals surface area contributed by atoms with Crippen LogP contribution in [0.1, 0.15) is 50.5 Å². The second-order valence-electron chi connectivity index (χ2n) is 6.43. The summed E-state index contributed by atoms with van der Waals surface area (Å²) in [4.78, 5) is 0.826. The predicted molar refractivity (Wildman–Crippen MR) is 77.7 cm³/mol. The Kier molecular flexibility index (Phi) is 3.51. The Bertz CT molecular complexity index is 593. The first-order valence-electron chi connectivity index (χ1n) is 7.03. The van der Waals surface area contributed by atoms with Gasteiger partial charge < -0.3 is 10.5 Å². The van der Waals surface area contributed by atoms with Crippen LogP contribution in [0.25, 0.3) is 4.96 Å². The molecule has 0 spiro atoms. The second kappa shape index (κ2) is 5.05. The summed E-state index contributed by atoms with van der Waals surface area (Å²) in [7, 11) is 0. The Hall–Kier alpha value is -1.05. The van der Waals surface area contributed by atoms with Crippen molar-refractivity contribution < 1.29 is 4.74 Å². The number of nitrogens with two attached hydrogens (primary N) is 1. The highest BCUT2D eigenvalue weighted by atomic mass is 32.1. The van der Waals surface area contributed by atoms with Crippen LogP contribution in [-0.2, 0) is 11.2 Å². The van der Waals surface area contributed by atoms with E-state index in [0.717, 1.165) is 41.7 Å². The van der Waals surface area contributed by atoms with E-state index in [1.165, 1.54) is 0 Å². The smallest absolute Gasteiger partial charge is 0.234 e. The summed E-state index contributed by atoms with van der Waals surface area (Å²) < 4.78 is 7.49. The highest BCUT2D eigenvalue weighted by molar-refractivity contribution is 7.16. The van der Waals surface area contributed by atoms with Gasteiger partial charge in [0.1, 0.15) is 11.1 Å². The third-order valence-corrected chi connectivity index (χ3v) is 4.70. The minimum Gasteiger partial charge on any atom is -0.370 e. The first-order chi connectivity index (χ1) is 9.45. The van der Waals surface area contributed by atoms with E-state index in [9.17, 15) is 0 Å². The van der Waals surface area contributed by atoms with E-state index in [1.54, 1.807) is 11.3 Å². The number of nitrogens with zero attached hydrogens (tertiary/aromatic N) is 4. The van der Waals surface area contributed by atoms with Crippen LogP contribution in [0.2, 0.25) is 0 Å². The van der Waals surface area contributed by atoms with Crippen molar-refractivity contribution in [3.05, 3.63) is 10.8 Å². The highest BCUT2D eigenvalue weighted by Gasteiger charge is 2.26. The van der Waals surface area contributed by atoms with Crippen LogP contribution in [0.3, 0.4) is 0 Å². The van der Waals surface area contributed by atoms with Crippen LogP contribution >= 0.6 is 11.3 Å². The maximum Gasteiger partial charge on any atom is 0.234 e. The normalized spacial score (nSPS) is 21.7. The first-order valence-corrected chi connectivity index (χ1v) is 7.85. The molecular formula is C13H21N5OS. The molecule has 0 bridgehead atoms. The molecule has 1 fully saturated rings. The molecule has 0 aromatic carbocycles. The lowest BCUT2D eigenvalue weighted by molar-refractivity contribution is 0.103. The summed E-state index contributed by atoms with van der Waals surface area (Å²) in [5.74, 6) is 0.823. The number of fused-ring (bicyclic) bond motifs is 1. The monoisotopic (exact) mass is 295 g/mol. The van der Waals surface area contributed by atoms with Gasteiger partial charge in [0.2, 0.25) is 4.96 Å². The van der Waals surface area contributed by atoms with E-state index >= 15 is 0 Å². The number of hydrogen-bond donors (Lipinski definition) is 1. The van der Waals surface area contributed by atoms with Crippen molar-refractivity contribution >= 4 is 16.3 Å². The van der Waals surface area contributed by atoms with Crippen molar-refractivity contribution in [2.24, 2.45) is 11.1 Å². The maximum atomic E-state index is 6.23. The quantitative estimate of drug-likeness (QED) is 0.936. The Morgan fingerprint density at radius 2 is 2.25 bits per heavy atom. The van der Waals surface area contributed by atoms with Gasteiger partial charge in [0.05, 0.1) is 0 Å². The molecule has 3 rings (SSSR count). The van der Waals surface area contributed by atoms with Crippen LogP contribution < -0.4 is 5.73 Å². The number of hydrogen-bond acceptors (Lipinski definition) is 6. The Morgan fingerprint density at radius 3 is 2.90 bits per heavy atom.